The fraction of sp³-hybridized carbons (Fsp3) is 0.250. The van der Waals surface area contributed by atoms with Crippen molar-refractivity contribution in [3.8, 4) is 0 Å². The number of aliphatic imine (C=N–C) groups is 1. The standard InChI is InChI=1S/C8H8NS/c1-8(9-7-10)5-3-2-4-6-8/h2-5H,1,6H2. The summed E-state index contributed by atoms with van der Waals surface area (Å²) in [6.45, 7) is 3.88. The van der Waals surface area contributed by atoms with E-state index < -0.39 is 0 Å². The molecule has 0 N–H and O–H groups in total. The highest BCUT2D eigenvalue weighted by molar-refractivity contribution is 7.78. The van der Waals surface area contributed by atoms with Crippen LogP contribution in [0.1, 0.15) is 6.42 Å². The van der Waals surface area contributed by atoms with Crippen LogP contribution in [0.3, 0.4) is 0 Å². The van der Waals surface area contributed by atoms with Crippen LogP contribution in [0.15, 0.2) is 29.3 Å². The molecule has 1 atom stereocenters. The summed E-state index contributed by atoms with van der Waals surface area (Å²) in [6, 6.07) is 0. The molecule has 0 aliphatic heterocycles. The van der Waals surface area contributed by atoms with Gasteiger partial charge in [-0.15, -0.1) is 0 Å². The van der Waals surface area contributed by atoms with Gasteiger partial charge in [0.25, 0.3) is 0 Å². The molecule has 0 aromatic heterocycles. The molecule has 1 radical (unpaired) electrons. The summed E-state index contributed by atoms with van der Waals surface area (Å²) in [7, 11) is 0. The van der Waals surface area contributed by atoms with Crippen LogP contribution in [0.5, 0.6) is 0 Å². The topological polar surface area (TPSA) is 12.4 Å². The number of allylic oxidation sites excluding steroid dienone is 2. The van der Waals surface area contributed by atoms with Gasteiger partial charge in [0.2, 0.25) is 0 Å². The maximum atomic E-state index is 4.49. The van der Waals surface area contributed by atoms with E-state index in [4.69, 9.17) is 0 Å². The Hall–Kier alpha value is -0.720. The molecule has 0 fully saturated rings. The number of hydrogen-bond donors (Lipinski definition) is 0. The lowest BCUT2D eigenvalue weighted by Crippen LogP contribution is -2.18. The predicted molar refractivity (Wildman–Crippen MR) is 46.0 cm³/mol. The Morgan fingerprint density at radius 3 is 2.90 bits per heavy atom. The summed E-state index contributed by atoms with van der Waals surface area (Å²) in [5, 5.41) is 2.34. The van der Waals surface area contributed by atoms with Gasteiger partial charge in [0, 0.05) is 0 Å². The van der Waals surface area contributed by atoms with Crippen molar-refractivity contribution in [2.45, 2.75) is 12.0 Å². The molecule has 51 valence electrons. The quantitative estimate of drug-likeness (QED) is 0.412. The lowest BCUT2D eigenvalue weighted by molar-refractivity contribution is 0.664. The highest BCUT2D eigenvalue weighted by Gasteiger charge is 2.18. The van der Waals surface area contributed by atoms with E-state index in [1.54, 1.807) is 0 Å². The molecule has 0 saturated carbocycles. The van der Waals surface area contributed by atoms with Crippen LogP contribution < -0.4 is 0 Å². The van der Waals surface area contributed by atoms with Gasteiger partial charge in [-0.05, 0) is 25.6 Å². The Balaban J connectivity index is 2.79. The molecule has 1 nitrogen and oxygen atoms in total. The molecule has 0 aromatic carbocycles. The summed E-state index contributed by atoms with van der Waals surface area (Å²) in [6.07, 6.45) is 8.65. The van der Waals surface area contributed by atoms with Crippen molar-refractivity contribution in [2.24, 2.45) is 4.99 Å². The van der Waals surface area contributed by atoms with E-state index >= 15 is 0 Å². The number of hydrogen-bond acceptors (Lipinski definition) is 2. The molecule has 1 aliphatic rings. The summed E-state index contributed by atoms with van der Waals surface area (Å²) in [5.74, 6) is 0. The minimum Gasteiger partial charge on any atom is -0.221 e. The Morgan fingerprint density at radius 1 is 1.60 bits per heavy atom. The lowest BCUT2D eigenvalue weighted by atomic mass is 9.95. The highest BCUT2D eigenvalue weighted by atomic mass is 32.1. The summed E-state index contributed by atoms with van der Waals surface area (Å²) >= 11 is 4.49. The molecule has 0 saturated heterocycles. The van der Waals surface area contributed by atoms with E-state index in [1.165, 1.54) is 0 Å². The van der Waals surface area contributed by atoms with Crippen LogP contribution in [0.4, 0.5) is 0 Å². The van der Waals surface area contributed by atoms with E-state index in [0.29, 0.717) is 0 Å². The first-order valence-electron chi connectivity index (χ1n) is 3.06. The van der Waals surface area contributed by atoms with Crippen molar-refractivity contribution in [2.75, 3.05) is 0 Å². The maximum Gasteiger partial charge on any atom is 0.0928 e. The smallest absolute Gasteiger partial charge is 0.0928 e. The molecule has 0 heterocycles. The van der Waals surface area contributed by atoms with E-state index in [9.17, 15) is 0 Å². The third kappa shape index (κ3) is 1.63. The summed E-state index contributed by atoms with van der Waals surface area (Å²) < 4.78 is 0. The van der Waals surface area contributed by atoms with E-state index in [-0.39, 0.29) is 5.54 Å². The van der Waals surface area contributed by atoms with Gasteiger partial charge in [0.15, 0.2) is 0 Å². The van der Waals surface area contributed by atoms with E-state index in [0.717, 1.165) is 6.42 Å². The van der Waals surface area contributed by atoms with Crippen LogP contribution in [-0.4, -0.2) is 10.7 Å². The SMILES string of the molecule is [CH2]C1(N=C=S)C=CC=CC1. The number of isothiocyanates is 1. The minimum absolute atomic E-state index is 0.378. The maximum absolute atomic E-state index is 4.49. The van der Waals surface area contributed by atoms with E-state index in [2.05, 4.69) is 29.3 Å². The van der Waals surface area contributed by atoms with Crippen LogP contribution >= 0.6 is 12.2 Å². The summed E-state index contributed by atoms with van der Waals surface area (Å²) in [5.41, 5.74) is -0.378. The van der Waals surface area contributed by atoms with Gasteiger partial charge in [-0.25, -0.2) is 4.99 Å². The third-order valence-electron chi connectivity index (χ3n) is 1.39. The molecule has 0 spiro atoms. The first-order chi connectivity index (χ1) is 4.77. The number of rotatable bonds is 1. The van der Waals surface area contributed by atoms with Crippen molar-refractivity contribution in [3.63, 3.8) is 0 Å². The zero-order valence-electron chi connectivity index (χ0n) is 5.58. The predicted octanol–water partition coefficient (Wildman–Crippen LogP) is 2.18. The average Bonchev–Trinajstić information content (AvgIpc) is 1.89. The molecule has 0 bridgehead atoms. The van der Waals surface area contributed by atoms with Crippen molar-refractivity contribution in [1.29, 1.82) is 0 Å². The molecule has 1 aliphatic carbocycles. The second-order valence-electron chi connectivity index (χ2n) is 2.30. The fourth-order valence-electron chi connectivity index (χ4n) is 0.827. The van der Waals surface area contributed by atoms with Gasteiger partial charge in [0.05, 0.1) is 10.7 Å². The van der Waals surface area contributed by atoms with Crippen LogP contribution in [0, 0.1) is 6.92 Å². The minimum atomic E-state index is -0.378. The Kier molecular flexibility index (Phi) is 2.15. The first kappa shape index (κ1) is 7.39. The van der Waals surface area contributed by atoms with Crippen molar-refractivity contribution >= 4 is 17.4 Å². The van der Waals surface area contributed by atoms with Crippen LogP contribution in [-0.2, 0) is 0 Å². The number of nitrogens with zero attached hydrogens (tertiary/aromatic N) is 1. The Morgan fingerprint density at radius 2 is 2.40 bits per heavy atom. The van der Waals surface area contributed by atoms with Gasteiger partial charge in [0.1, 0.15) is 0 Å². The van der Waals surface area contributed by atoms with Crippen LogP contribution in [0.25, 0.3) is 0 Å². The van der Waals surface area contributed by atoms with Crippen molar-refractivity contribution in [1.82, 2.24) is 0 Å². The molecule has 1 unspecified atom stereocenters. The molecular formula is C8H8NS. The third-order valence-corrected chi connectivity index (χ3v) is 1.48. The molecule has 0 amide bonds. The van der Waals surface area contributed by atoms with Gasteiger partial charge >= 0.3 is 0 Å². The normalized spacial score (nSPS) is 29.7. The van der Waals surface area contributed by atoms with Crippen molar-refractivity contribution in [3.05, 3.63) is 31.2 Å². The Bertz CT molecular complexity index is 223. The largest absolute Gasteiger partial charge is 0.221 e. The average molecular weight is 150 g/mol. The fourth-order valence-corrected chi connectivity index (χ4v) is 1.01. The lowest BCUT2D eigenvalue weighted by Gasteiger charge is -2.18. The second-order valence-corrected chi connectivity index (χ2v) is 2.48. The van der Waals surface area contributed by atoms with E-state index in [1.807, 2.05) is 24.3 Å². The van der Waals surface area contributed by atoms with Crippen LogP contribution in [0.2, 0.25) is 0 Å². The number of thiocarbonyl (C=S) groups is 1. The highest BCUT2D eigenvalue weighted by Crippen LogP contribution is 2.19. The Labute approximate surface area is 66.2 Å². The summed E-state index contributed by atoms with van der Waals surface area (Å²) in [4.78, 5) is 3.93. The molecule has 10 heavy (non-hydrogen) atoms. The molecule has 2 heteroatoms. The van der Waals surface area contributed by atoms with Gasteiger partial charge in [-0.2, -0.15) is 0 Å². The van der Waals surface area contributed by atoms with Gasteiger partial charge < -0.3 is 0 Å². The zero-order valence-corrected chi connectivity index (χ0v) is 6.40. The molecular weight excluding hydrogens is 142 g/mol. The molecule has 0 aromatic rings. The second kappa shape index (κ2) is 2.91. The van der Waals surface area contributed by atoms with Gasteiger partial charge in [-0.1, -0.05) is 24.3 Å². The van der Waals surface area contributed by atoms with Crippen molar-refractivity contribution < 1.29 is 0 Å². The first-order valence-corrected chi connectivity index (χ1v) is 3.46. The molecule has 1 rings (SSSR count). The van der Waals surface area contributed by atoms with Gasteiger partial charge in [-0.3, -0.25) is 0 Å². The monoisotopic (exact) mass is 150 g/mol. The zero-order chi connectivity index (χ0) is 7.45.